The van der Waals surface area contributed by atoms with E-state index < -0.39 is 0 Å². The van der Waals surface area contributed by atoms with Crippen molar-refractivity contribution in [3.63, 3.8) is 0 Å². The predicted molar refractivity (Wildman–Crippen MR) is 76.8 cm³/mol. The molecule has 0 spiro atoms. The molecule has 8 heteroatoms. The van der Waals surface area contributed by atoms with Crippen LogP contribution in [0.1, 0.15) is 23.0 Å². The highest BCUT2D eigenvalue weighted by Gasteiger charge is 2.13. The Kier molecular flexibility index (Phi) is 4.91. The van der Waals surface area contributed by atoms with Gasteiger partial charge in [-0.25, -0.2) is 4.98 Å². The molecule has 1 amide bonds. The normalized spacial score (nSPS) is 10.3. The van der Waals surface area contributed by atoms with E-state index in [1.54, 1.807) is 18.4 Å². The molecule has 6 nitrogen and oxygen atoms in total. The van der Waals surface area contributed by atoms with Crippen LogP contribution in [-0.2, 0) is 16.0 Å². The lowest BCUT2D eigenvalue weighted by Gasteiger charge is -1.99. The van der Waals surface area contributed by atoms with Gasteiger partial charge in [0.15, 0.2) is 9.80 Å². The Bertz CT molecular complexity index is 623. The Morgan fingerprint density at radius 1 is 1.55 bits per heavy atom. The van der Waals surface area contributed by atoms with Gasteiger partial charge in [0.05, 0.1) is 24.3 Å². The molecule has 0 bridgehead atoms. The summed E-state index contributed by atoms with van der Waals surface area (Å²) in [7, 11) is 0. The van der Waals surface area contributed by atoms with Crippen molar-refractivity contribution in [3.8, 4) is 0 Å². The standard InChI is InChI=1S/C12H11BrN2O4S/c1-2-18-10(16)4-8-6-20-12(14-8)15-11(17)7-3-9(13)19-5-7/h3,5-6H,2,4H2,1H3,(H,14,15,17). The van der Waals surface area contributed by atoms with Crippen LogP contribution in [0.15, 0.2) is 26.8 Å². The average molecular weight is 359 g/mol. The molecule has 2 aromatic heterocycles. The lowest BCUT2D eigenvalue weighted by molar-refractivity contribution is -0.142. The first-order valence-electron chi connectivity index (χ1n) is 5.74. The summed E-state index contributed by atoms with van der Waals surface area (Å²) in [6.07, 6.45) is 1.43. The Balaban J connectivity index is 1.95. The second-order valence-corrected chi connectivity index (χ2v) is 5.36. The average Bonchev–Trinajstić information content (AvgIpc) is 2.99. The zero-order chi connectivity index (χ0) is 14.5. The molecule has 2 aromatic rings. The van der Waals surface area contributed by atoms with Gasteiger partial charge in [0.2, 0.25) is 0 Å². The first-order valence-corrected chi connectivity index (χ1v) is 7.41. The Morgan fingerprint density at radius 3 is 3.00 bits per heavy atom. The summed E-state index contributed by atoms with van der Waals surface area (Å²) in [6.45, 7) is 2.08. The minimum absolute atomic E-state index is 0.0947. The van der Waals surface area contributed by atoms with Crippen LogP contribution in [0.25, 0.3) is 0 Å². The molecular formula is C12H11BrN2O4S. The number of nitrogens with zero attached hydrogens (tertiary/aromatic N) is 1. The first kappa shape index (κ1) is 14.7. The molecular weight excluding hydrogens is 348 g/mol. The minimum atomic E-state index is -0.338. The number of furan rings is 1. The molecule has 0 saturated heterocycles. The van der Waals surface area contributed by atoms with E-state index in [9.17, 15) is 9.59 Å². The summed E-state index contributed by atoms with van der Waals surface area (Å²) in [5, 5.41) is 4.76. The van der Waals surface area contributed by atoms with Crippen molar-refractivity contribution < 1.29 is 18.7 Å². The molecule has 0 aliphatic carbocycles. The molecule has 2 heterocycles. The first-order chi connectivity index (χ1) is 9.58. The van der Waals surface area contributed by atoms with Crippen molar-refractivity contribution in [3.05, 3.63) is 33.6 Å². The fourth-order valence-corrected chi connectivity index (χ4v) is 2.45. The van der Waals surface area contributed by atoms with Crippen LogP contribution >= 0.6 is 27.3 Å². The number of thiazole rings is 1. The number of ether oxygens (including phenoxy) is 1. The van der Waals surface area contributed by atoms with Crippen molar-refractivity contribution in [2.45, 2.75) is 13.3 Å². The van der Waals surface area contributed by atoms with E-state index in [2.05, 4.69) is 26.2 Å². The Labute approximate surface area is 127 Å². The smallest absolute Gasteiger partial charge is 0.311 e. The quantitative estimate of drug-likeness (QED) is 0.831. The van der Waals surface area contributed by atoms with Crippen LogP contribution in [0.4, 0.5) is 5.13 Å². The molecule has 0 aliphatic rings. The summed E-state index contributed by atoms with van der Waals surface area (Å²) in [4.78, 5) is 27.3. The molecule has 1 N–H and O–H groups in total. The number of amides is 1. The van der Waals surface area contributed by atoms with Crippen LogP contribution in [0, 0.1) is 0 Å². The minimum Gasteiger partial charge on any atom is -0.466 e. The number of anilines is 1. The molecule has 0 unspecified atom stereocenters. The van der Waals surface area contributed by atoms with Crippen molar-refractivity contribution in [2.75, 3.05) is 11.9 Å². The monoisotopic (exact) mass is 358 g/mol. The van der Waals surface area contributed by atoms with E-state index in [0.29, 0.717) is 27.7 Å². The van der Waals surface area contributed by atoms with Crippen molar-refractivity contribution >= 4 is 44.3 Å². The van der Waals surface area contributed by atoms with Gasteiger partial charge in [0, 0.05) is 11.4 Å². The third kappa shape index (κ3) is 3.91. The number of carbonyl (C=O) groups excluding carboxylic acids is 2. The summed E-state index contributed by atoms with van der Waals surface area (Å²) in [5.74, 6) is -0.661. The maximum absolute atomic E-state index is 11.8. The molecule has 106 valence electrons. The summed E-state index contributed by atoms with van der Waals surface area (Å²) >= 11 is 4.37. The number of hydrogen-bond donors (Lipinski definition) is 1. The topological polar surface area (TPSA) is 81.4 Å². The summed E-state index contributed by atoms with van der Waals surface area (Å²) in [5.41, 5.74) is 0.955. The Hall–Kier alpha value is -1.67. The SMILES string of the molecule is CCOC(=O)Cc1csc(NC(=O)c2coc(Br)c2)n1. The largest absolute Gasteiger partial charge is 0.466 e. The number of carbonyl (C=O) groups is 2. The highest BCUT2D eigenvalue weighted by molar-refractivity contribution is 9.10. The maximum Gasteiger partial charge on any atom is 0.311 e. The van der Waals surface area contributed by atoms with E-state index in [-0.39, 0.29) is 18.3 Å². The number of rotatable bonds is 5. The van der Waals surface area contributed by atoms with Crippen LogP contribution in [0.5, 0.6) is 0 Å². The van der Waals surface area contributed by atoms with E-state index in [4.69, 9.17) is 9.15 Å². The van der Waals surface area contributed by atoms with Crippen LogP contribution in [0.3, 0.4) is 0 Å². The fraction of sp³-hybridized carbons (Fsp3) is 0.250. The zero-order valence-electron chi connectivity index (χ0n) is 10.5. The van der Waals surface area contributed by atoms with E-state index in [1.807, 2.05) is 0 Å². The van der Waals surface area contributed by atoms with Gasteiger partial charge in [0.25, 0.3) is 5.91 Å². The maximum atomic E-state index is 11.8. The van der Waals surface area contributed by atoms with Crippen molar-refractivity contribution in [2.24, 2.45) is 0 Å². The van der Waals surface area contributed by atoms with E-state index in [1.165, 1.54) is 17.6 Å². The zero-order valence-corrected chi connectivity index (χ0v) is 12.9. The highest BCUT2D eigenvalue weighted by Crippen LogP contribution is 2.19. The highest BCUT2D eigenvalue weighted by atomic mass is 79.9. The van der Waals surface area contributed by atoms with E-state index >= 15 is 0 Å². The molecule has 0 saturated carbocycles. The van der Waals surface area contributed by atoms with Gasteiger partial charge in [0.1, 0.15) is 6.26 Å². The molecule has 20 heavy (non-hydrogen) atoms. The van der Waals surface area contributed by atoms with Crippen molar-refractivity contribution in [1.29, 1.82) is 0 Å². The third-order valence-corrected chi connectivity index (χ3v) is 3.46. The van der Waals surface area contributed by atoms with Gasteiger partial charge >= 0.3 is 5.97 Å². The predicted octanol–water partition coefficient (Wildman–Crippen LogP) is 2.86. The van der Waals surface area contributed by atoms with Crippen LogP contribution < -0.4 is 5.32 Å². The second-order valence-electron chi connectivity index (χ2n) is 3.72. The van der Waals surface area contributed by atoms with Crippen LogP contribution in [0.2, 0.25) is 0 Å². The number of esters is 1. The molecule has 0 aliphatic heterocycles. The van der Waals surface area contributed by atoms with Gasteiger partial charge < -0.3 is 9.15 Å². The molecule has 0 aromatic carbocycles. The number of nitrogens with one attached hydrogen (secondary N) is 1. The number of hydrogen-bond acceptors (Lipinski definition) is 6. The lowest BCUT2D eigenvalue weighted by Crippen LogP contribution is -2.11. The van der Waals surface area contributed by atoms with Crippen LogP contribution in [-0.4, -0.2) is 23.5 Å². The summed E-state index contributed by atoms with van der Waals surface area (Å²) in [6, 6.07) is 1.56. The Morgan fingerprint density at radius 2 is 2.35 bits per heavy atom. The van der Waals surface area contributed by atoms with Gasteiger partial charge in [-0.05, 0) is 22.9 Å². The summed E-state index contributed by atoms with van der Waals surface area (Å²) < 4.78 is 10.3. The number of aromatic nitrogens is 1. The van der Waals surface area contributed by atoms with Gasteiger partial charge in [-0.2, -0.15) is 0 Å². The lowest BCUT2D eigenvalue weighted by atomic mass is 10.3. The van der Waals surface area contributed by atoms with Crippen molar-refractivity contribution in [1.82, 2.24) is 4.98 Å². The molecule has 2 rings (SSSR count). The van der Waals surface area contributed by atoms with E-state index in [0.717, 1.165) is 0 Å². The van der Waals surface area contributed by atoms with Gasteiger partial charge in [-0.15, -0.1) is 11.3 Å². The van der Waals surface area contributed by atoms with Gasteiger partial charge in [-0.1, -0.05) is 0 Å². The molecule has 0 atom stereocenters. The second kappa shape index (κ2) is 6.67. The third-order valence-electron chi connectivity index (χ3n) is 2.23. The number of halogens is 1. The fourth-order valence-electron chi connectivity index (χ4n) is 1.40. The van der Waals surface area contributed by atoms with Gasteiger partial charge in [-0.3, -0.25) is 14.9 Å². The molecule has 0 fully saturated rings. The molecule has 0 radical (unpaired) electrons.